The number of benzene rings is 1. The van der Waals surface area contributed by atoms with Gasteiger partial charge < -0.3 is 24.4 Å². The number of nitrogens with zero attached hydrogens (tertiary/aromatic N) is 1. The number of fused-ring (bicyclic) bond motifs is 1. The van der Waals surface area contributed by atoms with Crippen LogP contribution in [0.4, 0.5) is 4.79 Å². The number of para-hydroxylation sites is 2. The zero-order valence-corrected chi connectivity index (χ0v) is 13.9. The molecule has 1 aromatic rings. The lowest BCUT2D eigenvalue weighted by Gasteiger charge is -2.31. The number of carbonyl (C=O) groups excluding carboxylic acids is 1. The molecule has 0 aliphatic carbocycles. The smallest absolute Gasteiger partial charge is 0.317 e. The molecule has 6 nitrogen and oxygen atoms in total. The number of hydrogen-bond acceptors (Lipinski definition) is 4. The van der Waals surface area contributed by atoms with Gasteiger partial charge in [-0.1, -0.05) is 12.1 Å². The van der Waals surface area contributed by atoms with E-state index in [1.54, 1.807) is 12.0 Å². The third-order valence-electron chi connectivity index (χ3n) is 3.71. The Morgan fingerprint density at radius 1 is 1.35 bits per heavy atom. The van der Waals surface area contributed by atoms with Crippen LogP contribution >= 0.6 is 0 Å². The van der Waals surface area contributed by atoms with Crippen molar-refractivity contribution >= 4 is 6.03 Å². The first-order chi connectivity index (χ1) is 11.2. The van der Waals surface area contributed by atoms with Gasteiger partial charge in [-0.15, -0.1) is 0 Å². The number of methoxy groups -OCH3 is 1. The Morgan fingerprint density at radius 2 is 2.13 bits per heavy atom. The maximum absolute atomic E-state index is 12.2. The highest BCUT2D eigenvalue weighted by atomic mass is 16.6. The Kier molecular flexibility index (Phi) is 7.00. The maximum Gasteiger partial charge on any atom is 0.317 e. The number of amides is 2. The molecule has 2 amide bonds. The molecule has 128 valence electrons. The number of likely N-dealkylation sites (N-methyl/N-ethyl adjacent to an activating group) is 1. The van der Waals surface area contributed by atoms with Gasteiger partial charge in [0.15, 0.2) is 17.6 Å². The summed E-state index contributed by atoms with van der Waals surface area (Å²) in [7, 11) is 1.68. The van der Waals surface area contributed by atoms with Gasteiger partial charge in [-0.2, -0.15) is 0 Å². The van der Waals surface area contributed by atoms with Crippen LogP contribution in [0.1, 0.15) is 19.8 Å². The Labute approximate surface area is 137 Å². The SMILES string of the molecule is CCN(C[C@@H]1COc2ccccc2O1)C(=O)NCCCCOC. The van der Waals surface area contributed by atoms with Crippen LogP contribution in [-0.4, -0.2) is 57.0 Å². The zero-order chi connectivity index (χ0) is 16.5. The van der Waals surface area contributed by atoms with Crippen molar-refractivity contribution in [2.75, 3.05) is 40.0 Å². The van der Waals surface area contributed by atoms with Gasteiger partial charge in [-0.25, -0.2) is 4.79 Å². The largest absolute Gasteiger partial charge is 0.486 e. The van der Waals surface area contributed by atoms with Gasteiger partial charge in [0.05, 0.1) is 6.54 Å². The summed E-state index contributed by atoms with van der Waals surface area (Å²) >= 11 is 0. The van der Waals surface area contributed by atoms with Crippen LogP contribution in [0.25, 0.3) is 0 Å². The highest BCUT2D eigenvalue weighted by Crippen LogP contribution is 2.30. The number of ether oxygens (including phenoxy) is 3. The molecule has 0 unspecified atom stereocenters. The minimum Gasteiger partial charge on any atom is -0.486 e. The summed E-state index contributed by atoms with van der Waals surface area (Å²) in [4.78, 5) is 14.0. The molecule has 0 fully saturated rings. The van der Waals surface area contributed by atoms with E-state index < -0.39 is 0 Å². The van der Waals surface area contributed by atoms with Gasteiger partial charge in [0, 0.05) is 26.8 Å². The second-order valence-electron chi connectivity index (χ2n) is 5.47. The highest BCUT2D eigenvalue weighted by molar-refractivity contribution is 5.74. The van der Waals surface area contributed by atoms with E-state index in [2.05, 4.69) is 5.32 Å². The van der Waals surface area contributed by atoms with Crippen molar-refractivity contribution in [3.8, 4) is 11.5 Å². The van der Waals surface area contributed by atoms with Crippen LogP contribution in [0.3, 0.4) is 0 Å². The fourth-order valence-corrected chi connectivity index (χ4v) is 2.43. The lowest BCUT2D eigenvalue weighted by Crippen LogP contribution is -2.47. The highest BCUT2D eigenvalue weighted by Gasteiger charge is 2.24. The van der Waals surface area contributed by atoms with Crippen LogP contribution < -0.4 is 14.8 Å². The third kappa shape index (κ3) is 5.32. The molecule has 1 N–H and O–H groups in total. The third-order valence-corrected chi connectivity index (χ3v) is 3.71. The van der Waals surface area contributed by atoms with E-state index in [1.807, 2.05) is 31.2 Å². The van der Waals surface area contributed by atoms with E-state index in [-0.39, 0.29) is 12.1 Å². The van der Waals surface area contributed by atoms with E-state index >= 15 is 0 Å². The summed E-state index contributed by atoms with van der Waals surface area (Å²) in [5, 5.41) is 2.94. The Balaban J connectivity index is 1.77. The summed E-state index contributed by atoms with van der Waals surface area (Å²) in [6, 6.07) is 7.53. The van der Waals surface area contributed by atoms with Gasteiger partial charge >= 0.3 is 6.03 Å². The fourth-order valence-electron chi connectivity index (χ4n) is 2.43. The Bertz CT molecular complexity index is 495. The summed E-state index contributed by atoms with van der Waals surface area (Å²) in [5.41, 5.74) is 0. The van der Waals surface area contributed by atoms with Crippen molar-refractivity contribution in [2.24, 2.45) is 0 Å². The van der Waals surface area contributed by atoms with Gasteiger partial charge in [-0.3, -0.25) is 0 Å². The Hall–Kier alpha value is -1.95. The average molecular weight is 322 g/mol. The maximum atomic E-state index is 12.2. The first kappa shape index (κ1) is 17.4. The minimum absolute atomic E-state index is 0.0626. The second-order valence-corrected chi connectivity index (χ2v) is 5.47. The van der Waals surface area contributed by atoms with Crippen LogP contribution in [-0.2, 0) is 4.74 Å². The molecule has 1 aliphatic rings. The summed E-state index contributed by atoms with van der Waals surface area (Å²) in [6.45, 7) is 4.93. The molecule has 1 aliphatic heterocycles. The van der Waals surface area contributed by atoms with Gasteiger partial charge in [0.25, 0.3) is 0 Å². The van der Waals surface area contributed by atoms with Crippen LogP contribution in [0, 0.1) is 0 Å². The monoisotopic (exact) mass is 322 g/mol. The second kappa shape index (κ2) is 9.25. The average Bonchev–Trinajstić information content (AvgIpc) is 2.59. The van der Waals surface area contributed by atoms with Crippen molar-refractivity contribution in [2.45, 2.75) is 25.9 Å². The number of carbonyl (C=O) groups is 1. The zero-order valence-electron chi connectivity index (χ0n) is 13.9. The molecule has 1 aromatic carbocycles. The summed E-state index contributed by atoms with van der Waals surface area (Å²) in [5.74, 6) is 1.49. The van der Waals surface area contributed by atoms with E-state index in [0.29, 0.717) is 26.2 Å². The topological polar surface area (TPSA) is 60.0 Å². The molecule has 0 bridgehead atoms. The number of rotatable bonds is 8. The molecular formula is C17H26N2O4. The van der Waals surface area contributed by atoms with Crippen LogP contribution in [0.2, 0.25) is 0 Å². The number of unbranched alkanes of at least 4 members (excludes halogenated alkanes) is 1. The van der Waals surface area contributed by atoms with E-state index in [9.17, 15) is 4.79 Å². The number of nitrogens with one attached hydrogen (secondary N) is 1. The molecule has 1 atom stereocenters. The van der Waals surface area contributed by atoms with Gasteiger partial charge in [-0.05, 0) is 31.9 Å². The first-order valence-electron chi connectivity index (χ1n) is 8.14. The molecule has 0 radical (unpaired) electrons. The molecule has 23 heavy (non-hydrogen) atoms. The molecule has 1 heterocycles. The minimum atomic E-state index is -0.149. The summed E-state index contributed by atoms with van der Waals surface area (Å²) in [6.07, 6.45) is 1.70. The molecular weight excluding hydrogens is 296 g/mol. The molecule has 0 spiro atoms. The van der Waals surface area contributed by atoms with Gasteiger partial charge in [0.1, 0.15) is 6.61 Å². The normalized spacial score (nSPS) is 16.0. The van der Waals surface area contributed by atoms with E-state index in [1.165, 1.54) is 0 Å². The van der Waals surface area contributed by atoms with E-state index in [4.69, 9.17) is 14.2 Å². The number of urea groups is 1. The molecule has 0 aromatic heterocycles. The van der Waals surface area contributed by atoms with Crippen LogP contribution in [0.5, 0.6) is 11.5 Å². The lowest BCUT2D eigenvalue weighted by atomic mass is 10.2. The summed E-state index contributed by atoms with van der Waals surface area (Å²) < 4.78 is 16.6. The van der Waals surface area contributed by atoms with Crippen molar-refractivity contribution < 1.29 is 19.0 Å². The predicted octanol–water partition coefficient (Wildman–Crippen LogP) is 2.28. The lowest BCUT2D eigenvalue weighted by molar-refractivity contribution is 0.0675. The van der Waals surface area contributed by atoms with Gasteiger partial charge in [0.2, 0.25) is 0 Å². The standard InChI is InChI=1S/C17H26N2O4/c1-3-19(17(20)18-10-6-7-11-21-2)12-14-13-22-15-8-4-5-9-16(15)23-14/h4-5,8-9,14H,3,6-7,10-13H2,1-2H3,(H,18,20)/t14-/m1/s1. The van der Waals surface area contributed by atoms with E-state index in [0.717, 1.165) is 30.9 Å². The Morgan fingerprint density at radius 3 is 2.87 bits per heavy atom. The van der Waals surface area contributed by atoms with Crippen molar-refractivity contribution in [1.82, 2.24) is 10.2 Å². The number of hydrogen-bond donors (Lipinski definition) is 1. The van der Waals surface area contributed by atoms with Crippen LogP contribution in [0.15, 0.2) is 24.3 Å². The quantitative estimate of drug-likeness (QED) is 0.746. The first-order valence-corrected chi connectivity index (χ1v) is 8.14. The molecule has 2 rings (SSSR count). The fraction of sp³-hybridized carbons (Fsp3) is 0.588. The van der Waals surface area contributed by atoms with Crippen molar-refractivity contribution in [3.63, 3.8) is 0 Å². The molecule has 0 saturated heterocycles. The predicted molar refractivity (Wildman–Crippen MR) is 88.1 cm³/mol. The molecule has 0 saturated carbocycles. The molecule has 6 heteroatoms. The van der Waals surface area contributed by atoms with Crippen molar-refractivity contribution in [3.05, 3.63) is 24.3 Å². The van der Waals surface area contributed by atoms with Crippen molar-refractivity contribution in [1.29, 1.82) is 0 Å².